The van der Waals surface area contributed by atoms with Gasteiger partial charge in [0.1, 0.15) is 11.7 Å². The molecule has 2 aliphatic rings. The van der Waals surface area contributed by atoms with E-state index < -0.39 is 17.3 Å². The number of nitriles is 3. The Labute approximate surface area is 172 Å². The summed E-state index contributed by atoms with van der Waals surface area (Å²) in [6.07, 6.45) is 3.74. The monoisotopic (exact) mass is 386 g/mol. The number of benzene rings is 1. The molecule has 4 atom stereocenters. The summed E-state index contributed by atoms with van der Waals surface area (Å²) in [6.45, 7) is 6.61. The van der Waals surface area contributed by atoms with Gasteiger partial charge in [-0.05, 0) is 53.4 Å². The maximum atomic E-state index is 10.1. The van der Waals surface area contributed by atoms with Crippen molar-refractivity contribution in [3.05, 3.63) is 41.5 Å². The number of ether oxygens (including phenoxy) is 1. The van der Waals surface area contributed by atoms with Gasteiger partial charge in [-0.3, -0.25) is 0 Å². The third-order valence-electron chi connectivity index (χ3n) is 6.70. The minimum absolute atomic E-state index is 0.0710. The Kier molecular flexibility index (Phi) is 5.25. The minimum Gasteiger partial charge on any atom is -0.497 e. The zero-order valence-electron chi connectivity index (χ0n) is 17.4. The third-order valence-corrected chi connectivity index (χ3v) is 6.70. The first-order chi connectivity index (χ1) is 13.7. The van der Waals surface area contributed by atoms with Crippen molar-refractivity contribution in [1.29, 1.82) is 21.2 Å². The van der Waals surface area contributed by atoms with Crippen LogP contribution < -0.4 is 4.74 Å². The SMILES string of the molecule is COc1ccc([C@H]2[C@@H]3C[C@H](C(C)(C)C)CC=C3C(C#N)C(=N)C2(C#N)C#N)cc1. The van der Waals surface area contributed by atoms with E-state index in [4.69, 9.17) is 10.1 Å². The van der Waals surface area contributed by atoms with Crippen molar-refractivity contribution in [2.45, 2.75) is 39.5 Å². The topological polar surface area (TPSA) is 104 Å². The zero-order valence-corrected chi connectivity index (χ0v) is 17.4. The first kappa shape index (κ1) is 20.6. The first-order valence-electron chi connectivity index (χ1n) is 9.88. The minimum atomic E-state index is -1.66. The number of methoxy groups -OCH3 is 1. The van der Waals surface area contributed by atoms with Gasteiger partial charge >= 0.3 is 0 Å². The Morgan fingerprint density at radius 2 is 1.72 bits per heavy atom. The molecule has 0 amide bonds. The smallest absolute Gasteiger partial charge is 0.189 e. The van der Waals surface area contributed by atoms with Crippen LogP contribution in [0.4, 0.5) is 0 Å². The second-order valence-corrected chi connectivity index (χ2v) is 9.10. The molecule has 1 aromatic rings. The van der Waals surface area contributed by atoms with Crippen molar-refractivity contribution in [2.24, 2.45) is 28.6 Å². The third kappa shape index (κ3) is 3.20. The van der Waals surface area contributed by atoms with Gasteiger partial charge < -0.3 is 10.1 Å². The van der Waals surface area contributed by atoms with E-state index in [1.165, 1.54) is 0 Å². The second kappa shape index (κ2) is 7.38. The van der Waals surface area contributed by atoms with Gasteiger partial charge in [-0.25, -0.2) is 0 Å². The van der Waals surface area contributed by atoms with Crippen molar-refractivity contribution >= 4 is 5.71 Å². The van der Waals surface area contributed by atoms with Gasteiger partial charge in [0.05, 0.1) is 31.0 Å². The van der Waals surface area contributed by atoms with Crippen LogP contribution in [-0.4, -0.2) is 12.8 Å². The lowest BCUT2D eigenvalue weighted by atomic mass is 9.51. The molecule has 5 heteroatoms. The molecule has 2 aliphatic carbocycles. The van der Waals surface area contributed by atoms with Crippen LogP contribution in [0.15, 0.2) is 35.9 Å². The largest absolute Gasteiger partial charge is 0.497 e. The summed E-state index contributed by atoms with van der Waals surface area (Å²) in [5.74, 6) is -0.356. The molecule has 0 bridgehead atoms. The summed E-state index contributed by atoms with van der Waals surface area (Å²) in [7, 11) is 1.59. The van der Waals surface area contributed by atoms with Gasteiger partial charge in [0, 0.05) is 5.92 Å². The van der Waals surface area contributed by atoms with Crippen molar-refractivity contribution < 1.29 is 4.74 Å². The number of hydrogen-bond acceptors (Lipinski definition) is 5. The van der Waals surface area contributed by atoms with Gasteiger partial charge in [0.2, 0.25) is 0 Å². The highest BCUT2D eigenvalue weighted by Gasteiger charge is 2.58. The number of fused-ring (bicyclic) bond motifs is 1. The van der Waals surface area contributed by atoms with Gasteiger partial charge in [-0.1, -0.05) is 39.0 Å². The van der Waals surface area contributed by atoms with E-state index >= 15 is 0 Å². The molecule has 0 heterocycles. The van der Waals surface area contributed by atoms with Crippen LogP contribution in [0.3, 0.4) is 0 Å². The van der Waals surface area contributed by atoms with E-state index in [1.54, 1.807) is 7.11 Å². The first-order valence-corrected chi connectivity index (χ1v) is 9.88. The number of hydrogen-bond donors (Lipinski definition) is 1. The fraction of sp³-hybridized carbons (Fsp3) is 0.500. The van der Waals surface area contributed by atoms with E-state index in [9.17, 15) is 15.8 Å². The number of rotatable bonds is 2. The molecule has 1 aromatic carbocycles. The Balaban J connectivity index is 2.22. The average molecular weight is 386 g/mol. The van der Waals surface area contributed by atoms with Crippen LogP contribution in [0.25, 0.3) is 0 Å². The number of nitrogens with one attached hydrogen (secondary N) is 1. The van der Waals surface area contributed by atoms with Crippen LogP contribution in [-0.2, 0) is 0 Å². The van der Waals surface area contributed by atoms with Crippen molar-refractivity contribution in [1.82, 2.24) is 0 Å². The summed E-state index contributed by atoms with van der Waals surface area (Å²) in [4.78, 5) is 0. The summed E-state index contributed by atoms with van der Waals surface area (Å²) < 4.78 is 5.26. The molecule has 1 unspecified atom stereocenters. The zero-order chi connectivity index (χ0) is 21.4. The van der Waals surface area contributed by atoms with Gasteiger partial charge in [0.25, 0.3) is 0 Å². The highest BCUT2D eigenvalue weighted by molar-refractivity contribution is 6.00. The second-order valence-electron chi connectivity index (χ2n) is 9.10. The quantitative estimate of drug-likeness (QED) is 0.723. The van der Waals surface area contributed by atoms with Crippen LogP contribution in [0, 0.1) is 68.0 Å². The molecule has 5 nitrogen and oxygen atoms in total. The van der Waals surface area contributed by atoms with E-state index in [-0.39, 0.29) is 17.0 Å². The number of nitrogens with zero attached hydrogens (tertiary/aromatic N) is 3. The highest BCUT2D eigenvalue weighted by Crippen LogP contribution is 2.57. The standard InChI is InChI=1S/C24H26N4O/c1-23(2,3)16-7-10-18-19(11-16)21(15-5-8-17(29-4)9-6-15)24(13-26,14-27)22(28)20(18)12-25/h5-6,8-10,16,19-21,28H,7,11H2,1-4H3/t16-,19-,20?,21+/m1/s1. The number of allylic oxidation sites excluding steroid dienone is 2. The highest BCUT2D eigenvalue weighted by atomic mass is 16.5. The lowest BCUT2D eigenvalue weighted by Gasteiger charge is -2.49. The van der Waals surface area contributed by atoms with Crippen LogP contribution >= 0.6 is 0 Å². The lowest BCUT2D eigenvalue weighted by Crippen LogP contribution is -2.50. The fourth-order valence-electron chi connectivity index (χ4n) is 4.92. The van der Waals surface area contributed by atoms with Gasteiger partial charge in [-0.2, -0.15) is 15.8 Å². The molecule has 0 spiro atoms. The molecule has 1 N–H and O–H groups in total. The summed E-state index contributed by atoms with van der Waals surface area (Å²) >= 11 is 0. The molecule has 3 rings (SSSR count). The Hall–Kier alpha value is -3.10. The molecule has 0 saturated heterocycles. The van der Waals surface area contributed by atoms with Gasteiger partial charge in [0.15, 0.2) is 5.41 Å². The molecule has 0 aromatic heterocycles. The average Bonchev–Trinajstić information content (AvgIpc) is 2.72. The van der Waals surface area contributed by atoms with E-state index in [0.717, 1.165) is 24.0 Å². The molecular weight excluding hydrogens is 360 g/mol. The molecule has 148 valence electrons. The molecular formula is C24H26N4O. The van der Waals surface area contributed by atoms with Crippen molar-refractivity contribution in [3.63, 3.8) is 0 Å². The van der Waals surface area contributed by atoms with E-state index in [1.807, 2.05) is 24.3 Å². The van der Waals surface area contributed by atoms with E-state index in [2.05, 4.69) is 45.1 Å². The normalized spacial score (nSPS) is 28.2. The molecule has 29 heavy (non-hydrogen) atoms. The van der Waals surface area contributed by atoms with Crippen LogP contribution in [0.2, 0.25) is 0 Å². The molecule has 0 radical (unpaired) electrons. The Morgan fingerprint density at radius 3 is 2.21 bits per heavy atom. The lowest BCUT2D eigenvalue weighted by molar-refractivity contribution is 0.168. The maximum Gasteiger partial charge on any atom is 0.189 e. The summed E-state index contributed by atoms with van der Waals surface area (Å²) in [6, 6.07) is 13.9. The molecule has 1 saturated carbocycles. The molecule has 1 fully saturated rings. The Bertz CT molecular complexity index is 949. The van der Waals surface area contributed by atoms with Crippen molar-refractivity contribution in [2.75, 3.05) is 7.11 Å². The predicted octanol–water partition coefficient (Wildman–Crippen LogP) is 4.98. The van der Waals surface area contributed by atoms with Crippen molar-refractivity contribution in [3.8, 4) is 24.0 Å². The fourth-order valence-corrected chi connectivity index (χ4v) is 4.92. The Morgan fingerprint density at radius 1 is 1.10 bits per heavy atom. The maximum absolute atomic E-state index is 10.1. The predicted molar refractivity (Wildman–Crippen MR) is 110 cm³/mol. The summed E-state index contributed by atoms with van der Waals surface area (Å²) in [5, 5.41) is 38.7. The van der Waals surface area contributed by atoms with Crippen LogP contribution in [0.5, 0.6) is 5.75 Å². The molecule has 0 aliphatic heterocycles. The summed E-state index contributed by atoms with van der Waals surface area (Å²) in [5.41, 5.74) is 0.0566. The van der Waals surface area contributed by atoms with Crippen LogP contribution in [0.1, 0.15) is 45.1 Å². The van der Waals surface area contributed by atoms with Gasteiger partial charge in [-0.15, -0.1) is 0 Å². The van der Waals surface area contributed by atoms with E-state index in [0.29, 0.717) is 11.7 Å².